The van der Waals surface area contributed by atoms with Gasteiger partial charge in [0, 0.05) is 37.6 Å². The molecule has 0 spiro atoms. The van der Waals surface area contributed by atoms with E-state index in [1.54, 1.807) is 0 Å². The highest BCUT2D eigenvalue weighted by molar-refractivity contribution is 14.0. The molecule has 25 heavy (non-hydrogen) atoms. The molecule has 1 heterocycles. The smallest absolute Gasteiger partial charge is 0.191 e. The van der Waals surface area contributed by atoms with Crippen LogP contribution >= 0.6 is 35.7 Å². The number of aliphatic imine (C=N–C) groups is 1. The van der Waals surface area contributed by atoms with E-state index in [1.165, 1.54) is 44.9 Å². The fourth-order valence-electron chi connectivity index (χ4n) is 4.83. The van der Waals surface area contributed by atoms with E-state index in [4.69, 9.17) is 4.74 Å². The Kier molecular flexibility index (Phi) is 9.16. The van der Waals surface area contributed by atoms with Gasteiger partial charge in [-0.15, -0.1) is 24.0 Å². The molecule has 2 saturated carbocycles. The Morgan fingerprint density at radius 1 is 1.12 bits per heavy atom. The highest BCUT2D eigenvalue weighted by Crippen LogP contribution is 2.40. The van der Waals surface area contributed by atoms with Crippen LogP contribution in [0.4, 0.5) is 0 Å². The number of halogens is 1. The van der Waals surface area contributed by atoms with E-state index in [1.807, 2.05) is 18.8 Å². The second-order valence-corrected chi connectivity index (χ2v) is 9.16. The summed E-state index contributed by atoms with van der Waals surface area (Å²) in [4.78, 5) is 4.49. The second kappa shape index (κ2) is 10.6. The lowest BCUT2D eigenvalue weighted by Crippen LogP contribution is -2.51. The summed E-state index contributed by atoms with van der Waals surface area (Å²) in [6, 6.07) is 0.607. The molecule has 1 saturated heterocycles. The maximum atomic E-state index is 5.54. The van der Waals surface area contributed by atoms with Crippen molar-refractivity contribution in [3.8, 4) is 0 Å². The maximum absolute atomic E-state index is 5.54. The average molecular weight is 481 g/mol. The number of ether oxygens (including phenoxy) is 1. The largest absolute Gasteiger partial charge is 0.381 e. The first-order valence-corrected chi connectivity index (χ1v) is 11.1. The summed E-state index contributed by atoms with van der Waals surface area (Å²) in [5.74, 6) is 2.96. The monoisotopic (exact) mass is 481 g/mol. The third-order valence-corrected chi connectivity index (χ3v) is 7.94. The van der Waals surface area contributed by atoms with Gasteiger partial charge in [-0.2, -0.15) is 11.8 Å². The zero-order valence-electron chi connectivity index (χ0n) is 15.9. The molecular formula is C19H36IN3OS. The van der Waals surface area contributed by atoms with Gasteiger partial charge in [-0.1, -0.05) is 25.7 Å². The van der Waals surface area contributed by atoms with Crippen LogP contribution in [0.25, 0.3) is 0 Å². The highest BCUT2D eigenvalue weighted by Gasteiger charge is 2.34. The number of nitrogens with one attached hydrogen (secondary N) is 2. The van der Waals surface area contributed by atoms with Crippen molar-refractivity contribution in [1.29, 1.82) is 0 Å². The number of nitrogens with zero attached hydrogens (tertiary/aromatic N) is 1. The molecule has 0 radical (unpaired) electrons. The molecule has 146 valence electrons. The van der Waals surface area contributed by atoms with Crippen LogP contribution < -0.4 is 10.6 Å². The van der Waals surface area contributed by atoms with Gasteiger partial charge in [0.25, 0.3) is 0 Å². The first-order valence-electron chi connectivity index (χ1n) is 9.85. The third kappa shape index (κ3) is 5.89. The van der Waals surface area contributed by atoms with E-state index in [9.17, 15) is 0 Å². The van der Waals surface area contributed by atoms with E-state index in [2.05, 4.69) is 21.9 Å². The molecule has 0 aromatic rings. The summed E-state index contributed by atoms with van der Waals surface area (Å²) in [7, 11) is 1.90. The van der Waals surface area contributed by atoms with Gasteiger partial charge in [0.2, 0.25) is 0 Å². The van der Waals surface area contributed by atoms with Crippen molar-refractivity contribution in [3.63, 3.8) is 0 Å². The van der Waals surface area contributed by atoms with Crippen LogP contribution in [-0.4, -0.2) is 49.8 Å². The van der Waals surface area contributed by atoms with Crippen molar-refractivity contribution in [2.75, 3.05) is 33.1 Å². The minimum absolute atomic E-state index is 0. The van der Waals surface area contributed by atoms with Gasteiger partial charge < -0.3 is 15.4 Å². The molecule has 1 aliphatic heterocycles. The molecular weight excluding hydrogens is 445 g/mol. The van der Waals surface area contributed by atoms with Crippen LogP contribution in [0, 0.1) is 11.8 Å². The number of rotatable bonds is 4. The first-order chi connectivity index (χ1) is 11.7. The topological polar surface area (TPSA) is 45.7 Å². The first kappa shape index (κ1) is 21.6. The van der Waals surface area contributed by atoms with Crippen molar-refractivity contribution in [1.82, 2.24) is 10.6 Å². The van der Waals surface area contributed by atoms with E-state index in [-0.39, 0.29) is 24.0 Å². The Hall–Kier alpha value is 0.310. The lowest BCUT2D eigenvalue weighted by Gasteiger charge is -2.40. The number of guanidine groups is 1. The van der Waals surface area contributed by atoms with Crippen LogP contribution in [0.5, 0.6) is 0 Å². The van der Waals surface area contributed by atoms with Crippen LogP contribution in [-0.2, 0) is 4.74 Å². The van der Waals surface area contributed by atoms with Gasteiger partial charge in [-0.25, -0.2) is 0 Å². The molecule has 3 unspecified atom stereocenters. The van der Waals surface area contributed by atoms with E-state index < -0.39 is 0 Å². The summed E-state index contributed by atoms with van der Waals surface area (Å²) in [6.45, 7) is 2.76. The fourth-order valence-corrected chi connectivity index (χ4v) is 5.63. The minimum Gasteiger partial charge on any atom is -0.381 e. The van der Waals surface area contributed by atoms with E-state index >= 15 is 0 Å². The molecule has 0 bridgehead atoms. The lowest BCUT2D eigenvalue weighted by atomic mass is 9.69. The van der Waals surface area contributed by atoms with Crippen molar-refractivity contribution in [2.24, 2.45) is 16.8 Å². The summed E-state index contributed by atoms with van der Waals surface area (Å²) in [5, 5.41) is 7.33. The van der Waals surface area contributed by atoms with Crippen LogP contribution in [0.1, 0.15) is 57.8 Å². The summed E-state index contributed by atoms with van der Waals surface area (Å²) >= 11 is 1.98. The Bertz CT molecular complexity index is 429. The molecule has 3 aliphatic rings. The highest BCUT2D eigenvalue weighted by atomic mass is 127. The summed E-state index contributed by atoms with van der Waals surface area (Å²) < 4.78 is 5.85. The molecule has 3 rings (SSSR count). The zero-order valence-corrected chi connectivity index (χ0v) is 19.0. The maximum Gasteiger partial charge on any atom is 0.191 e. The van der Waals surface area contributed by atoms with Gasteiger partial charge in [0.15, 0.2) is 5.96 Å². The molecule has 4 nitrogen and oxygen atoms in total. The number of hydrogen-bond donors (Lipinski definition) is 2. The number of thioether (sulfide) groups is 1. The Morgan fingerprint density at radius 3 is 2.52 bits per heavy atom. The summed E-state index contributed by atoms with van der Waals surface area (Å²) in [5.41, 5.74) is 0. The van der Waals surface area contributed by atoms with Crippen LogP contribution in [0.15, 0.2) is 4.99 Å². The molecule has 6 heteroatoms. The van der Waals surface area contributed by atoms with Crippen LogP contribution in [0.3, 0.4) is 0 Å². The predicted octanol–water partition coefficient (Wildman–Crippen LogP) is 4.04. The fraction of sp³-hybridized carbons (Fsp3) is 0.947. The average Bonchev–Trinajstić information content (AvgIpc) is 2.65. The number of fused-ring (bicyclic) bond motifs is 1. The van der Waals surface area contributed by atoms with Crippen molar-refractivity contribution in [2.45, 2.75) is 68.6 Å². The quantitative estimate of drug-likeness (QED) is 0.362. The normalized spacial score (nSPS) is 32.2. The van der Waals surface area contributed by atoms with Gasteiger partial charge in [-0.05, 0) is 50.2 Å². The Morgan fingerprint density at radius 2 is 1.84 bits per heavy atom. The molecule has 0 amide bonds. The standard InChI is InChI=1S/C19H35N3OS.HI/c1-20-18(21-14-19(24-2)9-11-23-12-10-19)22-17-8-7-15-5-3-4-6-16(15)13-17;/h15-17H,3-14H2,1-2H3,(H2,20,21,22);1H. The van der Waals surface area contributed by atoms with Gasteiger partial charge >= 0.3 is 0 Å². The Labute approximate surface area is 175 Å². The summed E-state index contributed by atoms with van der Waals surface area (Å²) in [6.07, 6.45) is 14.4. The lowest BCUT2D eigenvalue weighted by molar-refractivity contribution is 0.0782. The Balaban J connectivity index is 0.00000225. The van der Waals surface area contributed by atoms with E-state index in [0.29, 0.717) is 10.8 Å². The third-order valence-electron chi connectivity index (χ3n) is 6.52. The van der Waals surface area contributed by atoms with Crippen molar-refractivity contribution < 1.29 is 4.74 Å². The molecule has 0 aromatic heterocycles. The van der Waals surface area contributed by atoms with Gasteiger partial charge in [0.1, 0.15) is 0 Å². The van der Waals surface area contributed by atoms with Crippen molar-refractivity contribution in [3.05, 3.63) is 0 Å². The predicted molar refractivity (Wildman–Crippen MR) is 119 cm³/mol. The van der Waals surface area contributed by atoms with Gasteiger partial charge in [-0.3, -0.25) is 4.99 Å². The van der Waals surface area contributed by atoms with Crippen molar-refractivity contribution >= 4 is 41.7 Å². The molecule has 0 aromatic carbocycles. The van der Waals surface area contributed by atoms with Gasteiger partial charge in [0.05, 0.1) is 0 Å². The SMILES string of the molecule is CN=C(NCC1(SC)CCOCC1)NC1CCC2CCCCC2C1.I. The second-order valence-electron chi connectivity index (χ2n) is 7.88. The number of hydrogen-bond acceptors (Lipinski definition) is 3. The molecule has 3 fully saturated rings. The minimum atomic E-state index is 0. The van der Waals surface area contributed by atoms with Crippen LogP contribution in [0.2, 0.25) is 0 Å². The zero-order chi connectivity index (χ0) is 16.8. The molecule has 3 atom stereocenters. The molecule has 2 N–H and O–H groups in total. The van der Waals surface area contributed by atoms with E-state index in [0.717, 1.165) is 50.4 Å². The molecule has 2 aliphatic carbocycles.